The maximum atomic E-state index is 12.9. The third kappa shape index (κ3) is 7.70. The fraction of sp³-hybridized carbons (Fsp3) is 0.625. The highest BCUT2D eigenvalue weighted by Gasteiger charge is 2.42. The first-order chi connectivity index (χ1) is 12.7. The number of sulfonamides is 1. The maximum absolute atomic E-state index is 12.9. The minimum Gasteiger partial charge on any atom is -0.355 e. The number of hydrogen-bond donors (Lipinski definition) is 3. The molecule has 1 aromatic heterocycles. The van der Waals surface area contributed by atoms with Gasteiger partial charge in [-0.3, -0.25) is 9.98 Å². The first-order valence-electron chi connectivity index (χ1n) is 8.66. The molecular weight excluding hydrogens is 510 g/mol. The maximum Gasteiger partial charge on any atom is 0.391 e. The highest BCUT2D eigenvalue weighted by molar-refractivity contribution is 14.0. The lowest BCUT2D eigenvalue weighted by atomic mass is 9.85. The molecule has 3 N–H and O–H groups in total. The molecule has 0 amide bonds. The van der Waals surface area contributed by atoms with Crippen LogP contribution in [0.2, 0.25) is 0 Å². The van der Waals surface area contributed by atoms with Crippen molar-refractivity contribution in [1.29, 1.82) is 0 Å². The zero-order valence-electron chi connectivity index (χ0n) is 15.4. The predicted octanol–water partition coefficient (Wildman–Crippen LogP) is 2.26. The third-order valence-electron chi connectivity index (χ3n) is 4.36. The molecule has 1 aliphatic rings. The van der Waals surface area contributed by atoms with E-state index in [9.17, 15) is 21.6 Å². The van der Waals surface area contributed by atoms with Gasteiger partial charge in [0.15, 0.2) is 5.96 Å². The molecule has 2 unspecified atom stereocenters. The second-order valence-corrected chi connectivity index (χ2v) is 8.10. The van der Waals surface area contributed by atoms with Crippen molar-refractivity contribution in [2.75, 3.05) is 20.1 Å². The fourth-order valence-corrected chi connectivity index (χ4v) is 3.96. The molecule has 12 heteroatoms. The van der Waals surface area contributed by atoms with Crippen LogP contribution in [0.25, 0.3) is 0 Å². The van der Waals surface area contributed by atoms with E-state index in [2.05, 4.69) is 25.3 Å². The van der Waals surface area contributed by atoms with Gasteiger partial charge < -0.3 is 10.6 Å². The Morgan fingerprint density at radius 2 is 2.07 bits per heavy atom. The molecule has 0 bridgehead atoms. The SMILES string of the molecule is CN=C(NCCNS(=O)(=O)c1cccnc1)NC1CCCC(C(F)(F)F)C1.I. The molecule has 1 saturated carbocycles. The Labute approximate surface area is 180 Å². The molecule has 1 heterocycles. The lowest BCUT2D eigenvalue weighted by Gasteiger charge is -2.31. The Kier molecular flexibility index (Phi) is 9.90. The van der Waals surface area contributed by atoms with Gasteiger partial charge in [0, 0.05) is 38.6 Å². The number of alkyl halides is 3. The summed E-state index contributed by atoms with van der Waals surface area (Å²) in [5.74, 6) is -0.948. The summed E-state index contributed by atoms with van der Waals surface area (Å²) >= 11 is 0. The molecule has 2 atom stereocenters. The third-order valence-corrected chi connectivity index (χ3v) is 5.80. The van der Waals surface area contributed by atoms with E-state index in [0.717, 1.165) is 0 Å². The van der Waals surface area contributed by atoms with E-state index < -0.39 is 22.1 Å². The summed E-state index contributed by atoms with van der Waals surface area (Å²) < 4.78 is 65.2. The quantitative estimate of drug-likeness (QED) is 0.225. The van der Waals surface area contributed by atoms with E-state index in [-0.39, 0.29) is 60.8 Å². The molecule has 0 spiro atoms. The second-order valence-electron chi connectivity index (χ2n) is 6.33. The van der Waals surface area contributed by atoms with E-state index in [1.807, 2.05) is 0 Å². The van der Waals surface area contributed by atoms with Crippen molar-refractivity contribution < 1.29 is 21.6 Å². The van der Waals surface area contributed by atoms with Crippen LogP contribution in [0.4, 0.5) is 13.2 Å². The van der Waals surface area contributed by atoms with Crippen LogP contribution in [0.3, 0.4) is 0 Å². The van der Waals surface area contributed by atoms with Gasteiger partial charge in [0.05, 0.1) is 5.92 Å². The summed E-state index contributed by atoms with van der Waals surface area (Å²) in [6.45, 7) is 0.322. The first-order valence-corrected chi connectivity index (χ1v) is 10.1. The van der Waals surface area contributed by atoms with Crippen molar-refractivity contribution >= 4 is 40.0 Å². The van der Waals surface area contributed by atoms with Crippen LogP contribution in [0.5, 0.6) is 0 Å². The van der Waals surface area contributed by atoms with Crippen molar-refractivity contribution in [2.45, 2.75) is 42.8 Å². The Bertz CT molecular complexity index is 732. The lowest BCUT2D eigenvalue weighted by Crippen LogP contribution is -2.48. The highest BCUT2D eigenvalue weighted by Crippen LogP contribution is 2.37. The predicted molar refractivity (Wildman–Crippen MR) is 111 cm³/mol. The van der Waals surface area contributed by atoms with E-state index in [1.165, 1.54) is 31.6 Å². The van der Waals surface area contributed by atoms with E-state index in [4.69, 9.17) is 0 Å². The van der Waals surface area contributed by atoms with Crippen LogP contribution in [0.1, 0.15) is 25.7 Å². The van der Waals surface area contributed by atoms with Gasteiger partial charge in [0.2, 0.25) is 10.0 Å². The molecule has 0 aromatic carbocycles. The average Bonchev–Trinajstić information content (AvgIpc) is 2.64. The van der Waals surface area contributed by atoms with Gasteiger partial charge in [-0.1, -0.05) is 6.42 Å². The van der Waals surface area contributed by atoms with Gasteiger partial charge in [-0.25, -0.2) is 13.1 Å². The van der Waals surface area contributed by atoms with E-state index in [0.29, 0.717) is 18.8 Å². The van der Waals surface area contributed by atoms with Gasteiger partial charge >= 0.3 is 6.18 Å². The number of aromatic nitrogens is 1. The van der Waals surface area contributed by atoms with Gasteiger partial charge in [0.25, 0.3) is 0 Å². The topological polar surface area (TPSA) is 95.5 Å². The van der Waals surface area contributed by atoms with Gasteiger partial charge in [-0.2, -0.15) is 13.2 Å². The molecule has 0 aliphatic heterocycles. The zero-order chi connectivity index (χ0) is 19.9. The molecule has 1 fully saturated rings. The summed E-state index contributed by atoms with van der Waals surface area (Å²) in [6.07, 6.45) is -0.143. The number of nitrogens with one attached hydrogen (secondary N) is 3. The van der Waals surface area contributed by atoms with Crippen molar-refractivity contribution in [3.63, 3.8) is 0 Å². The zero-order valence-corrected chi connectivity index (χ0v) is 18.5. The molecule has 0 saturated heterocycles. The first kappa shape index (κ1) is 24.9. The smallest absolute Gasteiger partial charge is 0.355 e. The molecule has 28 heavy (non-hydrogen) atoms. The molecule has 0 radical (unpaired) electrons. The average molecular weight is 535 g/mol. The summed E-state index contributed by atoms with van der Waals surface area (Å²) in [5.41, 5.74) is 0. The van der Waals surface area contributed by atoms with Crippen molar-refractivity contribution in [3.05, 3.63) is 24.5 Å². The molecule has 160 valence electrons. The largest absolute Gasteiger partial charge is 0.391 e. The molecule has 2 rings (SSSR count). The number of pyridine rings is 1. The van der Waals surface area contributed by atoms with Crippen LogP contribution in [-0.2, 0) is 10.0 Å². The number of halogens is 4. The fourth-order valence-electron chi connectivity index (χ4n) is 2.96. The summed E-state index contributed by atoms with van der Waals surface area (Å²) in [5, 5.41) is 5.90. The van der Waals surface area contributed by atoms with Crippen LogP contribution in [0, 0.1) is 5.92 Å². The van der Waals surface area contributed by atoms with Crippen LogP contribution in [0.15, 0.2) is 34.4 Å². The molecule has 7 nitrogen and oxygen atoms in total. The highest BCUT2D eigenvalue weighted by atomic mass is 127. The standard InChI is InChI=1S/C16H24F3N5O2S.HI/c1-20-15(24-13-5-2-4-12(10-13)16(17,18)19)22-8-9-23-27(25,26)14-6-3-7-21-11-14;/h3,6-7,11-13,23H,2,4-5,8-10H2,1H3,(H2,20,22,24);1H. The van der Waals surface area contributed by atoms with Crippen molar-refractivity contribution in [3.8, 4) is 0 Å². The van der Waals surface area contributed by atoms with E-state index in [1.54, 1.807) is 0 Å². The Balaban J connectivity index is 0.00000392. The van der Waals surface area contributed by atoms with Gasteiger partial charge in [0.1, 0.15) is 4.90 Å². The molecule has 1 aliphatic carbocycles. The van der Waals surface area contributed by atoms with Crippen LogP contribution < -0.4 is 15.4 Å². The van der Waals surface area contributed by atoms with Gasteiger partial charge in [-0.15, -0.1) is 24.0 Å². The summed E-state index contributed by atoms with van der Waals surface area (Å²) in [4.78, 5) is 7.82. The second kappa shape index (κ2) is 11.1. The Morgan fingerprint density at radius 1 is 1.32 bits per heavy atom. The number of aliphatic imine (C=N–C) groups is 1. The number of nitrogens with zero attached hydrogens (tertiary/aromatic N) is 2. The minimum atomic E-state index is -4.18. The number of guanidine groups is 1. The normalized spacial score (nSPS) is 20.9. The van der Waals surface area contributed by atoms with E-state index >= 15 is 0 Å². The Morgan fingerprint density at radius 3 is 2.68 bits per heavy atom. The molecular formula is C16H25F3IN5O2S. The summed E-state index contributed by atoms with van der Waals surface area (Å²) in [7, 11) is -2.14. The van der Waals surface area contributed by atoms with Crippen LogP contribution >= 0.6 is 24.0 Å². The van der Waals surface area contributed by atoms with Crippen LogP contribution in [-0.4, -0.2) is 51.7 Å². The van der Waals surface area contributed by atoms with Crippen molar-refractivity contribution in [2.24, 2.45) is 10.9 Å². The Hall–Kier alpha value is -1.15. The number of hydrogen-bond acceptors (Lipinski definition) is 4. The molecule has 1 aromatic rings. The number of rotatable bonds is 6. The van der Waals surface area contributed by atoms with Crippen molar-refractivity contribution in [1.82, 2.24) is 20.3 Å². The monoisotopic (exact) mass is 535 g/mol. The minimum absolute atomic E-state index is 0. The lowest BCUT2D eigenvalue weighted by molar-refractivity contribution is -0.183. The summed E-state index contributed by atoms with van der Waals surface area (Å²) in [6, 6.07) is 2.64. The van der Waals surface area contributed by atoms with Gasteiger partial charge in [-0.05, 0) is 31.4 Å².